The summed E-state index contributed by atoms with van der Waals surface area (Å²) in [5.41, 5.74) is 1.13. The van der Waals surface area contributed by atoms with E-state index in [2.05, 4.69) is 41.1 Å². The predicted molar refractivity (Wildman–Crippen MR) is 71.3 cm³/mol. The van der Waals surface area contributed by atoms with Crippen LogP contribution in [0, 0.1) is 0 Å². The number of carbonyl (C=O) groups excluding carboxylic acids is 1. The van der Waals surface area contributed by atoms with Crippen LogP contribution >= 0.6 is 0 Å². The van der Waals surface area contributed by atoms with Gasteiger partial charge in [0.2, 0.25) is 0 Å². The lowest BCUT2D eigenvalue weighted by molar-refractivity contribution is -0.148. The van der Waals surface area contributed by atoms with Crippen molar-refractivity contribution in [2.75, 3.05) is 26.7 Å². The van der Waals surface area contributed by atoms with Gasteiger partial charge in [-0.3, -0.25) is 9.69 Å². The third kappa shape index (κ3) is 1.88. The molecule has 0 aromatic heterocycles. The SMILES string of the molecule is CN1CCN(Cc2ccccc2)C2(CCC2=O)C1. The van der Waals surface area contributed by atoms with Crippen LogP contribution in [-0.4, -0.2) is 47.8 Å². The van der Waals surface area contributed by atoms with Crippen LogP contribution in [0.15, 0.2) is 30.3 Å². The van der Waals surface area contributed by atoms with E-state index in [1.54, 1.807) is 0 Å². The molecule has 96 valence electrons. The first-order valence-corrected chi connectivity index (χ1v) is 6.71. The summed E-state index contributed by atoms with van der Waals surface area (Å²) < 4.78 is 0. The first-order valence-electron chi connectivity index (χ1n) is 6.71. The van der Waals surface area contributed by atoms with Crippen molar-refractivity contribution in [2.24, 2.45) is 0 Å². The van der Waals surface area contributed by atoms with Gasteiger partial charge in [-0.15, -0.1) is 0 Å². The number of rotatable bonds is 2. The van der Waals surface area contributed by atoms with E-state index in [1.165, 1.54) is 5.56 Å². The molecule has 1 aliphatic carbocycles. The molecule has 2 fully saturated rings. The summed E-state index contributed by atoms with van der Waals surface area (Å²) in [6, 6.07) is 10.5. The third-order valence-electron chi connectivity index (χ3n) is 4.39. The summed E-state index contributed by atoms with van der Waals surface area (Å²) in [7, 11) is 2.12. The number of Topliss-reactive ketones (excluding diaryl/α,β-unsaturated/α-hetero) is 1. The van der Waals surface area contributed by atoms with Crippen molar-refractivity contribution in [3.8, 4) is 0 Å². The summed E-state index contributed by atoms with van der Waals surface area (Å²) >= 11 is 0. The Morgan fingerprint density at radius 3 is 2.61 bits per heavy atom. The zero-order chi connectivity index (χ0) is 12.6. The Morgan fingerprint density at radius 1 is 1.22 bits per heavy atom. The van der Waals surface area contributed by atoms with Gasteiger partial charge in [-0.25, -0.2) is 0 Å². The quantitative estimate of drug-likeness (QED) is 0.788. The van der Waals surface area contributed by atoms with Gasteiger partial charge in [0.15, 0.2) is 5.78 Å². The monoisotopic (exact) mass is 244 g/mol. The number of nitrogens with zero attached hydrogens (tertiary/aromatic N) is 2. The highest BCUT2D eigenvalue weighted by Crippen LogP contribution is 2.37. The van der Waals surface area contributed by atoms with Crippen molar-refractivity contribution in [2.45, 2.75) is 24.9 Å². The zero-order valence-corrected chi connectivity index (χ0v) is 10.9. The minimum atomic E-state index is -0.178. The van der Waals surface area contributed by atoms with E-state index < -0.39 is 0 Å². The molecule has 1 aromatic rings. The molecule has 1 unspecified atom stereocenters. The van der Waals surface area contributed by atoms with Crippen LogP contribution in [0.5, 0.6) is 0 Å². The maximum absolute atomic E-state index is 12.1. The molecule has 0 N–H and O–H groups in total. The largest absolute Gasteiger partial charge is 0.303 e. The lowest BCUT2D eigenvalue weighted by Crippen LogP contribution is -2.69. The Labute approximate surface area is 108 Å². The summed E-state index contributed by atoms with van der Waals surface area (Å²) in [6.45, 7) is 3.86. The van der Waals surface area contributed by atoms with Crippen LogP contribution in [0.4, 0.5) is 0 Å². The molecule has 0 amide bonds. The third-order valence-corrected chi connectivity index (χ3v) is 4.39. The number of carbonyl (C=O) groups is 1. The molecule has 0 bridgehead atoms. The molecule has 1 saturated carbocycles. The van der Waals surface area contributed by atoms with E-state index in [4.69, 9.17) is 0 Å². The van der Waals surface area contributed by atoms with Gasteiger partial charge in [0.1, 0.15) is 0 Å². The molecular formula is C15H20N2O. The molecule has 1 aromatic carbocycles. The van der Waals surface area contributed by atoms with Crippen molar-refractivity contribution in [3.63, 3.8) is 0 Å². The summed E-state index contributed by atoms with van der Waals surface area (Å²) in [4.78, 5) is 16.8. The molecule has 1 heterocycles. The van der Waals surface area contributed by atoms with E-state index in [0.29, 0.717) is 5.78 Å². The Morgan fingerprint density at radius 2 is 2.00 bits per heavy atom. The Hall–Kier alpha value is -1.19. The first-order chi connectivity index (χ1) is 8.71. The van der Waals surface area contributed by atoms with Crippen LogP contribution in [0.3, 0.4) is 0 Å². The molecule has 2 aliphatic rings. The van der Waals surface area contributed by atoms with Gasteiger partial charge in [0.25, 0.3) is 0 Å². The van der Waals surface area contributed by atoms with Crippen LogP contribution in [-0.2, 0) is 11.3 Å². The van der Waals surface area contributed by atoms with Crippen LogP contribution < -0.4 is 0 Å². The number of hydrogen-bond acceptors (Lipinski definition) is 3. The number of piperazine rings is 1. The van der Waals surface area contributed by atoms with E-state index in [9.17, 15) is 4.79 Å². The molecule has 3 heteroatoms. The number of benzene rings is 1. The Bertz CT molecular complexity index is 445. The fourth-order valence-corrected chi connectivity index (χ4v) is 3.18. The lowest BCUT2D eigenvalue weighted by atomic mass is 9.72. The molecule has 18 heavy (non-hydrogen) atoms. The van der Waals surface area contributed by atoms with E-state index in [-0.39, 0.29) is 5.54 Å². The Balaban J connectivity index is 1.80. The van der Waals surface area contributed by atoms with Gasteiger partial charge in [0, 0.05) is 32.6 Å². The van der Waals surface area contributed by atoms with E-state index in [1.807, 2.05) is 6.07 Å². The second-order valence-corrected chi connectivity index (χ2v) is 5.60. The van der Waals surface area contributed by atoms with Gasteiger partial charge >= 0.3 is 0 Å². The average molecular weight is 244 g/mol. The molecular weight excluding hydrogens is 224 g/mol. The van der Waals surface area contributed by atoms with Crippen LogP contribution in [0.2, 0.25) is 0 Å². The molecule has 1 saturated heterocycles. The molecule has 3 nitrogen and oxygen atoms in total. The summed E-state index contributed by atoms with van der Waals surface area (Å²) in [6.07, 6.45) is 1.79. The zero-order valence-electron chi connectivity index (χ0n) is 10.9. The minimum Gasteiger partial charge on any atom is -0.303 e. The first kappa shape index (κ1) is 11.9. The fourth-order valence-electron chi connectivity index (χ4n) is 3.18. The lowest BCUT2D eigenvalue weighted by Gasteiger charge is -2.53. The number of likely N-dealkylation sites (N-methyl/N-ethyl adjacent to an activating group) is 1. The standard InChI is InChI=1S/C15H20N2O/c1-16-9-10-17(11-13-5-3-2-4-6-13)15(12-16)8-7-14(15)18/h2-6H,7-12H2,1H3. The maximum atomic E-state index is 12.1. The fraction of sp³-hybridized carbons (Fsp3) is 0.533. The van der Waals surface area contributed by atoms with Crippen molar-refractivity contribution in [1.82, 2.24) is 9.80 Å². The number of ketones is 1. The second kappa shape index (κ2) is 4.48. The molecule has 0 radical (unpaired) electrons. The molecule has 3 rings (SSSR count). The highest BCUT2D eigenvalue weighted by atomic mass is 16.1. The van der Waals surface area contributed by atoms with Gasteiger partial charge in [-0.2, -0.15) is 0 Å². The Kier molecular flexibility index (Phi) is 2.96. The van der Waals surface area contributed by atoms with Crippen molar-refractivity contribution in [3.05, 3.63) is 35.9 Å². The normalized spacial score (nSPS) is 29.5. The van der Waals surface area contributed by atoms with Gasteiger partial charge < -0.3 is 4.90 Å². The van der Waals surface area contributed by atoms with E-state index >= 15 is 0 Å². The van der Waals surface area contributed by atoms with Crippen molar-refractivity contribution in [1.29, 1.82) is 0 Å². The van der Waals surface area contributed by atoms with Gasteiger partial charge in [-0.1, -0.05) is 30.3 Å². The van der Waals surface area contributed by atoms with Gasteiger partial charge in [-0.05, 0) is 19.0 Å². The highest BCUT2D eigenvalue weighted by molar-refractivity contribution is 5.94. The van der Waals surface area contributed by atoms with E-state index in [0.717, 1.165) is 39.0 Å². The molecule has 1 spiro atoms. The van der Waals surface area contributed by atoms with Crippen molar-refractivity contribution < 1.29 is 4.79 Å². The molecule has 1 aliphatic heterocycles. The second-order valence-electron chi connectivity index (χ2n) is 5.60. The maximum Gasteiger partial charge on any atom is 0.154 e. The minimum absolute atomic E-state index is 0.178. The predicted octanol–water partition coefficient (Wildman–Crippen LogP) is 1.54. The van der Waals surface area contributed by atoms with Crippen LogP contribution in [0.1, 0.15) is 18.4 Å². The smallest absolute Gasteiger partial charge is 0.154 e. The van der Waals surface area contributed by atoms with Crippen LogP contribution in [0.25, 0.3) is 0 Å². The summed E-state index contributed by atoms with van der Waals surface area (Å²) in [5, 5.41) is 0. The topological polar surface area (TPSA) is 23.6 Å². The van der Waals surface area contributed by atoms with Gasteiger partial charge in [0.05, 0.1) is 5.54 Å². The summed E-state index contributed by atoms with van der Waals surface area (Å²) in [5.74, 6) is 0.435. The average Bonchev–Trinajstić information content (AvgIpc) is 2.40. The van der Waals surface area contributed by atoms with Crippen molar-refractivity contribution >= 4 is 5.78 Å². The molecule has 1 atom stereocenters. The highest BCUT2D eigenvalue weighted by Gasteiger charge is 2.52. The number of hydrogen-bond donors (Lipinski definition) is 0.